The number of anilines is 1. The van der Waals surface area contributed by atoms with Crippen molar-refractivity contribution in [2.45, 2.75) is 39.7 Å². The van der Waals surface area contributed by atoms with E-state index in [2.05, 4.69) is 39.5 Å². The molecule has 174 valence electrons. The van der Waals surface area contributed by atoms with Crippen LogP contribution >= 0.6 is 0 Å². The third kappa shape index (κ3) is 4.14. The zero-order valence-electron chi connectivity index (χ0n) is 19.9. The fraction of sp³-hybridized carbons (Fsp3) is 0.333. The van der Waals surface area contributed by atoms with E-state index in [4.69, 9.17) is 5.10 Å². The summed E-state index contributed by atoms with van der Waals surface area (Å²) in [5.41, 5.74) is 4.94. The molecule has 7 nitrogen and oxygen atoms in total. The van der Waals surface area contributed by atoms with Gasteiger partial charge < -0.3 is 10.2 Å². The Balaban J connectivity index is 1.33. The van der Waals surface area contributed by atoms with Crippen molar-refractivity contribution in [3.05, 3.63) is 77.6 Å². The topological polar surface area (TPSA) is 75.9 Å². The Labute approximate surface area is 199 Å². The van der Waals surface area contributed by atoms with Gasteiger partial charge in [-0.15, -0.1) is 5.10 Å². The van der Waals surface area contributed by atoms with E-state index < -0.39 is 0 Å². The summed E-state index contributed by atoms with van der Waals surface area (Å²) in [6, 6.07) is 20.2. The summed E-state index contributed by atoms with van der Waals surface area (Å²) >= 11 is 0. The van der Waals surface area contributed by atoms with Gasteiger partial charge in [-0.1, -0.05) is 48.5 Å². The Morgan fingerprint density at radius 3 is 2.29 bits per heavy atom. The highest BCUT2D eigenvalue weighted by molar-refractivity contribution is 5.92. The number of nitrogens with one attached hydrogen (secondary N) is 1. The van der Waals surface area contributed by atoms with Crippen LogP contribution in [0.1, 0.15) is 42.8 Å². The number of para-hydroxylation sites is 1. The van der Waals surface area contributed by atoms with Gasteiger partial charge in [0.25, 0.3) is 0 Å². The molecular weight excluding hydrogens is 424 g/mol. The number of fused-ring (bicyclic) bond motifs is 1. The fourth-order valence-corrected chi connectivity index (χ4v) is 4.86. The fourth-order valence-electron chi connectivity index (χ4n) is 4.86. The van der Waals surface area contributed by atoms with Gasteiger partial charge in [-0.2, -0.15) is 10.2 Å². The lowest BCUT2D eigenvalue weighted by Crippen LogP contribution is -2.41. The number of rotatable bonds is 5. The standard InChI is InChI=1S/C27H30N6O/c1-18(21-10-6-4-7-11-21)28-27(34)22-14-16-32(17-15-22)26-25-24(19(2)29-30-26)20(3)33(31-25)23-12-8-5-9-13-23/h4-13,18,22H,14-17H2,1-3H3,(H,28,34)/t18-/m1/s1. The third-order valence-corrected chi connectivity index (χ3v) is 6.81. The molecule has 1 fully saturated rings. The number of hydrogen-bond acceptors (Lipinski definition) is 5. The summed E-state index contributed by atoms with van der Waals surface area (Å²) in [5, 5.41) is 18.2. The molecule has 0 aliphatic carbocycles. The second-order valence-electron chi connectivity index (χ2n) is 9.07. The second kappa shape index (κ2) is 9.25. The summed E-state index contributed by atoms with van der Waals surface area (Å²) in [6.07, 6.45) is 1.56. The summed E-state index contributed by atoms with van der Waals surface area (Å²) in [7, 11) is 0. The molecule has 1 aliphatic rings. The third-order valence-electron chi connectivity index (χ3n) is 6.81. The molecule has 1 atom stereocenters. The van der Waals surface area contributed by atoms with Gasteiger partial charge >= 0.3 is 0 Å². The summed E-state index contributed by atoms with van der Waals surface area (Å²) < 4.78 is 1.97. The van der Waals surface area contributed by atoms with Crippen molar-refractivity contribution in [3.8, 4) is 5.69 Å². The van der Waals surface area contributed by atoms with Crippen molar-refractivity contribution in [1.29, 1.82) is 0 Å². The number of benzene rings is 2. The highest BCUT2D eigenvalue weighted by Gasteiger charge is 2.29. The maximum Gasteiger partial charge on any atom is 0.223 e. The average molecular weight is 455 g/mol. The largest absolute Gasteiger partial charge is 0.353 e. The SMILES string of the molecule is Cc1nnc(N2CCC(C(=O)N[C@H](C)c3ccccc3)CC2)c2nn(-c3ccccc3)c(C)c12. The lowest BCUT2D eigenvalue weighted by molar-refractivity contribution is -0.126. The number of nitrogens with zero attached hydrogens (tertiary/aromatic N) is 5. The normalized spacial score (nSPS) is 15.4. The molecule has 34 heavy (non-hydrogen) atoms. The molecule has 1 amide bonds. The Morgan fingerprint density at radius 2 is 1.62 bits per heavy atom. The molecule has 2 aromatic carbocycles. The van der Waals surface area contributed by atoms with Crippen LogP contribution in [0.5, 0.6) is 0 Å². The molecule has 0 radical (unpaired) electrons. The van der Waals surface area contributed by atoms with Crippen LogP contribution in [0.25, 0.3) is 16.6 Å². The van der Waals surface area contributed by atoms with Gasteiger partial charge in [0.1, 0.15) is 5.52 Å². The van der Waals surface area contributed by atoms with Crippen LogP contribution in [0.2, 0.25) is 0 Å². The highest BCUT2D eigenvalue weighted by Crippen LogP contribution is 2.31. The first-order valence-electron chi connectivity index (χ1n) is 11.9. The molecular formula is C27H30N6O. The average Bonchev–Trinajstić information content (AvgIpc) is 3.23. The van der Waals surface area contributed by atoms with E-state index in [0.29, 0.717) is 0 Å². The van der Waals surface area contributed by atoms with E-state index in [1.807, 2.05) is 67.1 Å². The minimum absolute atomic E-state index is 0.0000714. The van der Waals surface area contributed by atoms with Gasteiger partial charge in [-0.3, -0.25) is 4.79 Å². The molecule has 2 aromatic heterocycles. The van der Waals surface area contributed by atoms with Gasteiger partial charge in [0.05, 0.1) is 28.5 Å². The van der Waals surface area contributed by atoms with Gasteiger partial charge in [-0.25, -0.2) is 4.68 Å². The van der Waals surface area contributed by atoms with Crippen LogP contribution in [0.4, 0.5) is 5.82 Å². The van der Waals surface area contributed by atoms with E-state index in [1.165, 1.54) is 0 Å². The number of carbonyl (C=O) groups excluding carboxylic acids is 1. The number of carbonyl (C=O) groups is 1. The molecule has 0 saturated carbocycles. The smallest absolute Gasteiger partial charge is 0.223 e. The van der Waals surface area contributed by atoms with Crippen molar-refractivity contribution in [3.63, 3.8) is 0 Å². The molecule has 3 heterocycles. The molecule has 7 heteroatoms. The first-order chi connectivity index (χ1) is 16.5. The summed E-state index contributed by atoms with van der Waals surface area (Å²) in [6.45, 7) is 7.59. The molecule has 4 aromatic rings. The van der Waals surface area contributed by atoms with Gasteiger partial charge in [0.2, 0.25) is 5.91 Å². The van der Waals surface area contributed by atoms with Crippen molar-refractivity contribution < 1.29 is 4.79 Å². The number of hydrogen-bond donors (Lipinski definition) is 1. The van der Waals surface area contributed by atoms with Crippen LogP contribution in [0.3, 0.4) is 0 Å². The Bertz CT molecular complexity index is 1290. The van der Waals surface area contributed by atoms with Crippen molar-refractivity contribution in [2.75, 3.05) is 18.0 Å². The van der Waals surface area contributed by atoms with Gasteiger partial charge in [0, 0.05) is 19.0 Å². The van der Waals surface area contributed by atoms with E-state index >= 15 is 0 Å². The number of piperidine rings is 1. The highest BCUT2D eigenvalue weighted by atomic mass is 16.1. The van der Waals surface area contributed by atoms with Crippen LogP contribution in [0.15, 0.2) is 60.7 Å². The van der Waals surface area contributed by atoms with Gasteiger partial charge in [-0.05, 0) is 51.3 Å². The molecule has 5 rings (SSSR count). The Hall–Kier alpha value is -3.74. The quantitative estimate of drug-likeness (QED) is 0.480. The lowest BCUT2D eigenvalue weighted by Gasteiger charge is -2.32. The monoisotopic (exact) mass is 454 g/mol. The molecule has 1 N–H and O–H groups in total. The zero-order chi connectivity index (χ0) is 23.7. The minimum atomic E-state index is -0.000698. The zero-order valence-corrected chi connectivity index (χ0v) is 19.9. The molecule has 0 bridgehead atoms. The molecule has 1 aliphatic heterocycles. The Morgan fingerprint density at radius 1 is 0.971 bits per heavy atom. The van der Waals surface area contributed by atoms with Crippen molar-refractivity contribution in [2.24, 2.45) is 5.92 Å². The molecule has 1 saturated heterocycles. The minimum Gasteiger partial charge on any atom is -0.353 e. The van der Waals surface area contributed by atoms with Crippen molar-refractivity contribution >= 4 is 22.6 Å². The number of amides is 1. The summed E-state index contributed by atoms with van der Waals surface area (Å²) in [5.74, 6) is 0.926. The van der Waals surface area contributed by atoms with E-state index in [-0.39, 0.29) is 17.9 Å². The number of aryl methyl sites for hydroxylation is 2. The maximum atomic E-state index is 12.9. The van der Waals surface area contributed by atoms with Crippen LogP contribution in [0, 0.1) is 19.8 Å². The van der Waals surface area contributed by atoms with E-state index in [9.17, 15) is 4.79 Å². The van der Waals surface area contributed by atoms with Crippen LogP contribution in [-0.2, 0) is 4.79 Å². The van der Waals surface area contributed by atoms with Crippen molar-refractivity contribution in [1.82, 2.24) is 25.3 Å². The summed E-state index contributed by atoms with van der Waals surface area (Å²) in [4.78, 5) is 15.1. The van der Waals surface area contributed by atoms with E-state index in [1.54, 1.807) is 0 Å². The van der Waals surface area contributed by atoms with E-state index in [0.717, 1.165) is 65.3 Å². The second-order valence-corrected chi connectivity index (χ2v) is 9.07. The molecule has 0 unspecified atom stereocenters. The Kier molecular flexibility index (Phi) is 6.01. The van der Waals surface area contributed by atoms with Gasteiger partial charge in [0.15, 0.2) is 5.82 Å². The maximum absolute atomic E-state index is 12.9. The first kappa shape index (κ1) is 22.1. The van der Waals surface area contributed by atoms with Crippen LogP contribution < -0.4 is 10.2 Å². The molecule has 0 spiro atoms. The predicted octanol–water partition coefficient (Wildman–Crippen LogP) is 4.53. The predicted molar refractivity (Wildman–Crippen MR) is 134 cm³/mol. The lowest BCUT2D eigenvalue weighted by atomic mass is 9.95. The first-order valence-corrected chi connectivity index (χ1v) is 11.9. The van der Waals surface area contributed by atoms with Crippen LogP contribution in [-0.4, -0.2) is 39.0 Å². The number of aromatic nitrogens is 4.